The molecule has 1 amide bonds. The smallest absolute Gasteiger partial charge is 0.332 e. The van der Waals surface area contributed by atoms with Gasteiger partial charge >= 0.3 is 6.18 Å². The Balaban J connectivity index is 1.61. The van der Waals surface area contributed by atoms with Crippen LogP contribution in [0.15, 0.2) is 36.7 Å². The van der Waals surface area contributed by atoms with Gasteiger partial charge in [-0.25, -0.2) is 22.5 Å². The van der Waals surface area contributed by atoms with Crippen LogP contribution < -0.4 is 5.73 Å². The highest BCUT2D eigenvalue weighted by atomic mass is 19.4. The molecule has 0 bridgehead atoms. The minimum absolute atomic E-state index is 0.112. The second kappa shape index (κ2) is 8.75. The first-order chi connectivity index (χ1) is 15.9. The minimum atomic E-state index is -4.81. The fourth-order valence-electron chi connectivity index (χ4n) is 3.91. The molecular formula is C22H17F7N4O. The Labute approximate surface area is 188 Å². The van der Waals surface area contributed by atoms with Gasteiger partial charge in [-0.2, -0.15) is 13.2 Å². The summed E-state index contributed by atoms with van der Waals surface area (Å²) >= 11 is 0. The molecule has 1 aliphatic heterocycles. The number of hydrogen-bond donors (Lipinski definition) is 1. The van der Waals surface area contributed by atoms with E-state index in [4.69, 9.17) is 5.73 Å². The molecule has 0 aliphatic carbocycles. The van der Waals surface area contributed by atoms with Gasteiger partial charge in [-0.05, 0) is 35.7 Å². The van der Waals surface area contributed by atoms with Crippen molar-refractivity contribution in [3.05, 3.63) is 82.4 Å². The van der Waals surface area contributed by atoms with Gasteiger partial charge in [-0.1, -0.05) is 6.07 Å². The van der Waals surface area contributed by atoms with Gasteiger partial charge in [0.05, 0.1) is 17.9 Å². The van der Waals surface area contributed by atoms with E-state index in [1.165, 1.54) is 6.07 Å². The Morgan fingerprint density at radius 1 is 1.03 bits per heavy atom. The maximum Gasteiger partial charge on any atom is 0.435 e. The number of amides is 1. The Morgan fingerprint density at radius 2 is 1.74 bits per heavy atom. The molecule has 2 heterocycles. The molecule has 0 saturated carbocycles. The summed E-state index contributed by atoms with van der Waals surface area (Å²) in [5.74, 6) is -5.02. The number of carbonyl (C=O) groups is 1. The monoisotopic (exact) mass is 486 g/mol. The third-order valence-corrected chi connectivity index (χ3v) is 5.50. The van der Waals surface area contributed by atoms with E-state index in [1.807, 2.05) is 0 Å². The normalized spacial score (nSPS) is 14.4. The van der Waals surface area contributed by atoms with E-state index in [2.05, 4.69) is 4.98 Å². The van der Waals surface area contributed by atoms with Gasteiger partial charge in [0, 0.05) is 25.1 Å². The summed E-state index contributed by atoms with van der Waals surface area (Å²) in [5.41, 5.74) is 4.60. The number of carbonyl (C=O) groups excluding carboxylic acids is 1. The van der Waals surface area contributed by atoms with E-state index >= 15 is 0 Å². The Hall–Kier alpha value is -3.41. The van der Waals surface area contributed by atoms with E-state index in [1.54, 1.807) is 0 Å². The minimum Gasteiger partial charge on any atom is -0.332 e. The number of imidazole rings is 1. The molecule has 0 spiro atoms. The highest BCUT2D eigenvalue weighted by Crippen LogP contribution is 2.35. The lowest BCUT2D eigenvalue weighted by atomic mass is 10.0. The molecule has 4 rings (SSSR count). The molecule has 2 N–H and O–H groups in total. The van der Waals surface area contributed by atoms with Crippen LogP contribution in [0.5, 0.6) is 0 Å². The predicted octanol–water partition coefficient (Wildman–Crippen LogP) is 4.25. The Bertz CT molecular complexity index is 1250. The van der Waals surface area contributed by atoms with Crippen molar-refractivity contribution < 1.29 is 35.5 Å². The number of nitrogens with two attached hydrogens (primary N) is 1. The zero-order valence-electron chi connectivity index (χ0n) is 17.3. The molecule has 12 heteroatoms. The Morgan fingerprint density at radius 3 is 2.44 bits per heavy atom. The van der Waals surface area contributed by atoms with Crippen LogP contribution >= 0.6 is 0 Å². The molecule has 1 atom stereocenters. The summed E-state index contributed by atoms with van der Waals surface area (Å²) in [5, 5.41) is 0. The fourth-order valence-corrected chi connectivity index (χ4v) is 3.91. The largest absolute Gasteiger partial charge is 0.435 e. The topological polar surface area (TPSA) is 64.2 Å². The number of fused-ring (bicyclic) bond motifs is 3. The average molecular weight is 486 g/mol. The molecule has 34 heavy (non-hydrogen) atoms. The second-order valence-electron chi connectivity index (χ2n) is 7.96. The van der Waals surface area contributed by atoms with Gasteiger partial charge in [-0.15, -0.1) is 0 Å². The lowest BCUT2D eigenvalue weighted by Crippen LogP contribution is -2.36. The maximum absolute atomic E-state index is 13.9. The van der Waals surface area contributed by atoms with Crippen molar-refractivity contribution in [1.82, 2.24) is 14.5 Å². The Kier molecular flexibility index (Phi) is 6.11. The van der Waals surface area contributed by atoms with Crippen LogP contribution in [0.3, 0.4) is 0 Å². The van der Waals surface area contributed by atoms with E-state index in [0.717, 1.165) is 27.9 Å². The van der Waals surface area contributed by atoms with Gasteiger partial charge in [0.2, 0.25) is 5.91 Å². The molecule has 5 nitrogen and oxygen atoms in total. The summed E-state index contributed by atoms with van der Waals surface area (Å²) in [6.45, 7) is -0.629. The molecular weight excluding hydrogens is 469 g/mol. The zero-order chi connectivity index (χ0) is 24.8. The number of benzene rings is 2. The van der Waals surface area contributed by atoms with Gasteiger partial charge in [0.15, 0.2) is 17.3 Å². The molecule has 0 fully saturated rings. The summed E-state index contributed by atoms with van der Waals surface area (Å²) in [4.78, 5) is 17.5. The van der Waals surface area contributed by atoms with Crippen LogP contribution in [0, 0.1) is 23.3 Å². The molecule has 0 saturated heterocycles. The van der Waals surface area contributed by atoms with Crippen molar-refractivity contribution in [3.8, 4) is 5.69 Å². The zero-order valence-corrected chi connectivity index (χ0v) is 17.3. The third kappa shape index (κ3) is 4.63. The van der Waals surface area contributed by atoms with Crippen molar-refractivity contribution in [2.75, 3.05) is 0 Å². The van der Waals surface area contributed by atoms with Gasteiger partial charge in [0.25, 0.3) is 0 Å². The van der Waals surface area contributed by atoms with Gasteiger partial charge < -0.3 is 15.2 Å². The fraction of sp³-hybridized carbons (Fsp3) is 0.273. The first-order valence-corrected chi connectivity index (χ1v) is 10.0. The summed E-state index contributed by atoms with van der Waals surface area (Å²) in [6.07, 6.45) is -4.61. The quantitative estimate of drug-likeness (QED) is 0.443. The molecule has 0 radical (unpaired) electrons. The lowest BCUT2D eigenvalue weighted by molar-refractivity contribution is -0.143. The van der Waals surface area contributed by atoms with Crippen molar-refractivity contribution in [2.45, 2.75) is 38.1 Å². The van der Waals surface area contributed by atoms with Crippen LogP contribution in [0.1, 0.15) is 28.9 Å². The number of hydrogen-bond acceptors (Lipinski definition) is 3. The second-order valence-corrected chi connectivity index (χ2v) is 7.96. The number of rotatable bonds is 4. The van der Waals surface area contributed by atoms with Crippen molar-refractivity contribution in [2.24, 2.45) is 5.73 Å². The molecule has 1 aromatic heterocycles. The van der Waals surface area contributed by atoms with E-state index in [-0.39, 0.29) is 29.9 Å². The summed E-state index contributed by atoms with van der Waals surface area (Å²) in [7, 11) is 0. The van der Waals surface area contributed by atoms with Gasteiger partial charge in [0.1, 0.15) is 18.0 Å². The number of halogens is 7. The first kappa shape index (κ1) is 23.7. The maximum atomic E-state index is 13.9. The van der Waals surface area contributed by atoms with Crippen molar-refractivity contribution >= 4 is 5.91 Å². The highest BCUT2D eigenvalue weighted by molar-refractivity contribution is 5.77. The molecule has 1 aliphatic rings. The van der Waals surface area contributed by atoms with E-state index < -0.39 is 60.1 Å². The molecule has 1 unspecified atom stereocenters. The molecule has 3 aromatic rings. The standard InChI is InChI=1S/C22H17F7N4O/c23-13-2-1-11-8-32(9-19-21(22(27,28)29)31-10-33(19)18(11)5-13)20(34)6-14(30)3-12-4-16(25)17(26)7-15(12)24/h1-2,4-5,7,10,14H,3,6,8-9,30H2. The highest BCUT2D eigenvalue weighted by Gasteiger charge is 2.39. The first-order valence-electron chi connectivity index (χ1n) is 10.0. The molecule has 180 valence electrons. The van der Waals surface area contributed by atoms with Crippen molar-refractivity contribution in [3.63, 3.8) is 0 Å². The van der Waals surface area contributed by atoms with Crippen LogP contribution in [0.2, 0.25) is 0 Å². The molecule has 2 aromatic carbocycles. The number of nitrogens with zero attached hydrogens (tertiary/aromatic N) is 3. The lowest BCUT2D eigenvalue weighted by Gasteiger charge is -2.23. The van der Waals surface area contributed by atoms with E-state index in [9.17, 15) is 35.5 Å². The van der Waals surface area contributed by atoms with Gasteiger partial charge in [-0.3, -0.25) is 4.79 Å². The third-order valence-electron chi connectivity index (χ3n) is 5.50. The summed E-state index contributed by atoms with van der Waals surface area (Å²) < 4.78 is 95.9. The van der Waals surface area contributed by atoms with Crippen molar-refractivity contribution in [1.29, 1.82) is 0 Å². The SMILES string of the molecule is NC(CC(=O)N1Cc2ccc(F)cc2-n2cnc(C(F)(F)F)c2C1)Cc1cc(F)c(F)cc1F. The van der Waals surface area contributed by atoms with Crippen LogP contribution in [-0.4, -0.2) is 26.4 Å². The van der Waals surface area contributed by atoms with Crippen LogP contribution in [0.25, 0.3) is 5.69 Å². The number of alkyl halides is 3. The van der Waals surface area contributed by atoms with Crippen LogP contribution in [0.4, 0.5) is 30.7 Å². The average Bonchev–Trinajstić information content (AvgIpc) is 3.09. The van der Waals surface area contributed by atoms with E-state index in [0.29, 0.717) is 17.7 Å². The number of aromatic nitrogens is 2. The summed E-state index contributed by atoms with van der Waals surface area (Å²) in [6, 6.07) is 3.49. The predicted molar refractivity (Wildman–Crippen MR) is 105 cm³/mol. The van der Waals surface area contributed by atoms with Crippen LogP contribution in [-0.2, 0) is 30.5 Å².